The molecule has 1 aliphatic rings. The van der Waals surface area contributed by atoms with E-state index >= 15 is 0 Å². The quantitative estimate of drug-likeness (QED) is 0.703. The van der Waals surface area contributed by atoms with Gasteiger partial charge in [-0.1, -0.05) is 0 Å². The van der Waals surface area contributed by atoms with E-state index in [2.05, 4.69) is 15.2 Å². The molecule has 1 atom stereocenters. The highest BCUT2D eigenvalue weighted by molar-refractivity contribution is 5.52. The Morgan fingerprint density at radius 1 is 1.04 bits per heavy atom. The molecule has 0 bridgehead atoms. The highest BCUT2D eigenvalue weighted by atomic mass is 16.5. The van der Waals surface area contributed by atoms with Gasteiger partial charge in [0.05, 0.1) is 14.2 Å². The number of aromatic nitrogens is 3. The van der Waals surface area contributed by atoms with E-state index in [1.807, 2.05) is 30.3 Å². The molecular formula is C19H19N4O3. The van der Waals surface area contributed by atoms with E-state index in [0.29, 0.717) is 17.5 Å². The number of ether oxygens (including phenoxy) is 2. The lowest BCUT2D eigenvalue weighted by molar-refractivity contribution is 0.324. The summed E-state index contributed by atoms with van der Waals surface area (Å²) < 4.78 is 16.9. The lowest BCUT2D eigenvalue weighted by Crippen LogP contribution is -2.33. The summed E-state index contributed by atoms with van der Waals surface area (Å²) in [5.74, 6) is 2.35. The van der Waals surface area contributed by atoms with Crippen molar-refractivity contribution in [1.29, 1.82) is 0 Å². The Kier molecular flexibility index (Phi) is 4.30. The van der Waals surface area contributed by atoms with Gasteiger partial charge >= 0.3 is 0 Å². The number of hydrogen-bond acceptors (Lipinski definition) is 6. The first kappa shape index (κ1) is 16.5. The molecule has 133 valence electrons. The largest absolute Gasteiger partial charge is 0.497 e. The monoisotopic (exact) mass is 351 g/mol. The zero-order chi connectivity index (χ0) is 18.0. The third-order valence-electron chi connectivity index (χ3n) is 4.64. The minimum Gasteiger partial charge on any atom is -0.497 e. The smallest absolute Gasteiger partial charge is 0.247 e. The lowest BCUT2D eigenvalue weighted by atomic mass is 9.87. The molecule has 3 aromatic rings. The predicted octanol–water partition coefficient (Wildman–Crippen LogP) is 2.79. The Morgan fingerprint density at radius 2 is 1.88 bits per heavy atom. The van der Waals surface area contributed by atoms with Crippen LogP contribution in [0, 0.1) is 0 Å². The summed E-state index contributed by atoms with van der Waals surface area (Å²) in [5, 5.41) is 13.4. The molecule has 26 heavy (non-hydrogen) atoms. The van der Waals surface area contributed by atoms with Crippen LogP contribution in [0.1, 0.15) is 24.3 Å². The minimum atomic E-state index is -0.699. The number of hydrogen-bond donors (Lipinski definition) is 0. The number of rotatable bonds is 5. The molecule has 0 amide bonds. The van der Waals surface area contributed by atoms with E-state index in [4.69, 9.17) is 19.2 Å². The number of benzene rings is 1. The molecule has 0 spiro atoms. The molecule has 0 aliphatic carbocycles. The van der Waals surface area contributed by atoms with E-state index < -0.39 is 5.54 Å². The Hall–Kier alpha value is -2.93. The van der Waals surface area contributed by atoms with Crippen LogP contribution in [0.5, 0.6) is 11.5 Å². The summed E-state index contributed by atoms with van der Waals surface area (Å²) in [4.78, 5) is 4.02. The second kappa shape index (κ2) is 6.76. The molecule has 0 N–H and O–H groups in total. The maximum absolute atomic E-state index is 6.04. The summed E-state index contributed by atoms with van der Waals surface area (Å²) in [6.45, 7) is 0.738. The van der Waals surface area contributed by atoms with Crippen molar-refractivity contribution in [3.63, 3.8) is 0 Å². The first-order valence-electron chi connectivity index (χ1n) is 8.42. The molecule has 4 rings (SSSR count). The van der Waals surface area contributed by atoms with Gasteiger partial charge in [0.25, 0.3) is 0 Å². The number of pyridine rings is 1. The van der Waals surface area contributed by atoms with Crippen LogP contribution in [-0.4, -0.2) is 35.9 Å². The summed E-state index contributed by atoms with van der Waals surface area (Å²) in [5.41, 5.74) is 1.03. The second-order valence-corrected chi connectivity index (χ2v) is 6.06. The Morgan fingerprint density at radius 3 is 2.58 bits per heavy atom. The zero-order valence-electron chi connectivity index (χ0n) is 14.7. The van der Waals surface area contributed by atoms with Crippen LogP contribution in [0.2, 0.25) is 0 Å². The topological polar surface area (TPSA) is 84.4 Å². The third-order valence-corrected chi connectivity index (χ3v) is 4.64. The van der Waals surface area contributed by atoms with E-state index in [0.717, 1.165) is 36.3 Å². The Labute approximate surface area is 151 Å². The molecule has 1 aromatic carbocycles. The van der Waals surface area contributed by atoms with Crippen molar-refractivity contribution in [3.8, 4) is 23.0 Å². The van der Waals surface area contributed by atoms with Crippen LogP contribution in [0.25, 0.3) is 11.5 Å². The number of nitrogens with zero attached hydrogens (tertiary/aromatic N) is 4. The van der Waals surface area contributed by atoms with Crippen LogP contribution >= 0.6 is 0 Å². The number of methoxy groups -OCH3 is 2. The van der Waals surface area contributed by atoms with Crippen LogP contribution in [0.15, 0.2) is 47.1 Å². The first-order valence-corrected chi connectivity index (χ1v) is 8.42. The molecule has 1 unspecified atom stereocenters. The van der Waals surface area contributed by atoms with Crippen molar-refractivity contribution in [3.05, 3.63) is 54.2 Å². The molecule has 1 radical (unpaired) electrons. The zero-order valence-corrected chi connectivity index (χ0v) is 14.7. The van der Waals surface area contributed by atoms with E-state index in [1.54, 1.807) is 26.6 Å². The van der Waals surface area contributed by atoms with E-state index in [-0.39, 0.29) is 0 Å². The highest BCUT2D eigenvalue weighted by Crippen LogP contribution is 2.44. The van der Waals surface area contributed by atoms with Crippen molar-refractivity contribution < 1.29 is 13.9 Å². The van der Waals surface area contributed by atoms with E-state index in [1.165, 1.54) is 0 Å². The van der Waals surface area contributed by atoms with Gasteiger partial charge in [-0.2, -0.15) is 0 Å². The fourth-order valence-electron chi connectivity index (χ4n) is 3.34. The summed E-state index contributed by atoms with van der Waals surface area (Å²) in [7, 11) is 3.26. The summed E-state index contributed by atoms with van der Waals surface area (Å²) >= 11 is 0. The van der Waals surface area contributed by atoms with Gasteiger partial charge in [0, 0.05) is 36.1 Å². The van der Waals surface area contributed by atoms with Crippen molar-refractivity contribution >= 4 is 0 Å². The van der Waals surface area contributed by atoms with Gasteiger partial charge in [0.1, 0.15) is 17.0 Å². The first-order chi connectivity index (χ1) is 12.8. The van der Waals surface area contributed by atoms with Gasteiger partial charge in [-0.05, 0) is 37.1 Å². The van der Waals surface area contributed by atoms with Crippen LogP contribution < -0.4 is 14.8 Å². The normalized spacial score (nSPS) is 19.5. The van der Waals surface area contributed by atoms with Crippen molar-refractivity contribution in [2.24, 2.45) is 0 Å². The fourth-order valence-corrected chi connectivity index (χ4v) is 3.34. The van der Waals surface area contributed by atoms with Crippen molar-refractivity contribution in [1.82, 2.24) is 20.5 Å². The highest BCUT2D eigenvalue weighted by Gasteiger charge is 2.45. The maximum Gasteiger partial charge on any atom is 0.247 e. The molecule has 7 heteroatoms. The fraction of sp³-hybridized carbons (Fsp3) is 0.316. The van der Waals surface area contributed by atoms with Crippen LogP contribution in [0.4, 0.5) is 0 Å². The molecule has 3 heterocycles. The van der Waals surface area contributed by atoms with Crippen molar-refractivity contribution in [2.45, 2.75) is 18.4 Å². The molecule has 1 fully saturated rings. The molecule has 0 saturated carbocycles. The molecule has 1 aliphatic heterocycles. The van der Waals surface area contributed by atoms with Gasteiger partial charge in [0.15, 0.2) is 0 Å². The maximum atomic E-state index is 6.04. The van der Waals surface area contributed by atoms with Gasteiger partial charge in [-0.25, -0.2) is 5.32 Å². The predicted molar refractivity (Wildman–Crippen MR) is 94.1 cm³/mol. The SMILES string of the molecule is COc1ccc(C2(c3nnc(-c4ccncc4)o3)CCC[N]2)c(OC)c1. The summed E-state index contributed by atoms with van der Waals surface area (Å²) in [6.07, 6.45) is 5.12. The van der Waals surface area contributed by atoms with E-state index in [9.17, 15) is 0 Å². The third kappa shape index (κ3) is 2.70. The lowest BCUT2D eigenvalue weighted by Gasteiger charge is -2.26. The van der Waals surface area contributed by atoms with Crippen LogP contribution in [0.3, 0.4) is 0 Å². The average molecular weight is 351 g/mol. The van der Waals surface area contributed by atoms with Gasteiger partial charge in [0.2, 0.25) is 11.8 Å². The Bertz CT molecular complexity index is 889. The Balaban J connectivity index is 1.80. The molecule has 1 saturated heterocycles. The van der Waals surface area contributed by atoms with Crippen LogP contribution in [-0.2, 0) is 5.54 Å². The van der Waals surface area contributed by atoms with Gasteiger partial charge in [-0.3, -0.25) is 4.98 Å². The van der Waals surface area contributed by atoms with Gasteiger partial charge in [-0.15, -0.1) is 10.2 Å². The molecule has 2 aromatic heterocycles. The molecule has 7 nitrogen and oxygen atoms in total. The van der Waals surface area contributed by atoms with Gasteiger partial charge < -0.3 is 13.9 Å². The second-order valence-electron chi connectivity index (χ2n) is 6.06. The standard InChI is InChI=1S/C19H19N4O3/c1-24-14-4-5-15(16(12-14)25-2)19(8-3-9-21-19)18-23-22-17(26-18)13-6-10-20-11-7-13/h4-7,10-12H,3,8-9H2,1-2H3. The summed E-state index contributed by atoms with van der Waals surface area (Å²) in [6, 6.07) is 9.38. The van der Waals surface area contributed by atoms with Crippen molar-refractivity contribution in [2.75, 3.05) is 20.8 Å². The average Bonchev–Trinajstić information content (AvgIpc) is 3.38. The molecular weight excluding hydrogens is 332 g/mol. The minimum absolute atomic E-state index is 0.455.